The molecule has 0 unspecified atom stereocenters. The van der Waals surface area contributed by atoms with Gasteiger partial charge in [0.25, 0.3) is 0 Å². The number of ketones is 1. The molecule has 0 bridgehead atoms. The molecule has 13 heteroatoms. The normalized spacial score (nSPS) is 12.0. The Kier molecular flexibility index (Phi) is 6.49. The average Bonchev–Trinajstić information content (AvgIpc) is 3.55. The minimum absolute atomic E-state index is 0.0167. The van der Waals surface area contributed by atoms with Crippen LogP contribution in [-0.4, -0.2) is 40.1 Å². The summed E-state index contributed by atoms with van der Waals surface area (Å²) in [5.74, 6) is -1.32. The lowest BCUT2D eigenvalue weighted by Gasteiger charge is -2.14. The minimum Gasteiger partial charge on any atom is -0.332 e. The molecule has 0 spiro atoms. The minimum atomic E-state index is -4.99. The van der Waals surface area contributed by atoms with Gasteiger partial charge in [-0.2, -0.15) is 18.3 Å². The molecule has 1 aromatic carbocycles. The van der Waals surface area contributed by atoms with Crippen LogP contribution in [0.2, 0.25) is 5.02 Å². The van der Waals surface area contributed by atoms with Crippen LogP contribution >= 0.6 is 11.6 Å². The molecule has 5 aromatic heterocycles. The van der Waals surface area contributed by atoms with Crippen molar-refractivity contribution in [1.29, 1.82) is 0 Å². The summed E-state index contributed by atoms with van der Waals surface area (Å²) < 4.78 is 60.3. The molecule has 0 atom stereocenters. The van der Waals surface area contributed by atoms with Crippen LogP contribution < -0.4 is 0 Å². The van der Waals surface area contributed by atoms with Crippen LogP contribution in [0.5, 0.6) is 0 Å². The van der Waals surface area contributed by atoms with Gasteiger partial charge in [0.15, 0.2) is 17.3 Å². The number of aromatic nitrogens is 7. The number of fused-ring (bicyclic) bond motifs is 2. The standard InChI is InChI=1S/C28H18ClF4N7O/c1-2-9-39-14-19(16-10-20(29)23(38-27(16)39)26-35-7-4-8-36-26)24(41)18-12-37-40(25(18)28(31,32)33)22-13-34-11-17-15(22)5-3-6-21(17)30/h3-8,10-14H,2,9H2,1H3. The Morgan fingerprint density at radius 3 is 2.51 bits per heavy atom. The van der Waals surface area contributed by atoms with Crippen molar-refractivity contribution in [1.82, 2.24) is 34.3 Å². The van der Waals surface area contributed by atoms with Crippen molar-refractivity contribution in [2.24, 2.45) is 0 Å². The molecule has 206 valence electrons. The van der Waals surface area contributed by atoms with Gasteiger partial charge in [0.2, 0.25) is 0 Å². The van der Waals surface area contributed by atoms with Gasteiger partial charge in [-0.3, -0.25) is 9.78 Å². The van der Waals surface area contributed by atoms with E-state index < -0.39 is 29.0 Å². The number of aryl methyl sites for hydroxylation is 1. The van der Waals surface area contributed by atoms with Crippen molar-refractivity contribution in [2.75, 3.05) is 0 Å². The summed E-state index contributed by atoms with van der Waals surface area (Å²) >= 11 is 6.51. The smallest absolute Gasteiger partial charge is 0.332 e. The molecule has 0 amide bonds. The number of halogens is 5. The quantitative estimate of drug-likeness (QED) is 0.161. The van der Waals surface area contributed by atoms with E-state index in [0.717, 1.165) is 12.4 Å². The van der Waals surface area contributed by atoms with Gasteiger partial charge >= 0.3 is 6.18 Å². The Morgan fingerprint density at radius 1 is 1.00 bits per heavy atom. The molecule has 41 heavy (non-hydrogen) atoms. The van der Waals surface area contributed by atoms with Gasteiger partial charge in [0.05, 0.1) is 28.7 Å². The number of hydrogen-bond donors (Lipinski definition) is 0. The number of carbonyl (C=O) groups is 1. The molecule has 0 saturated heterocycles. The second kappa shape index (κ2) is 10.0. The van der Waals surface area contributed by atoms with Crippen LogP contribution in [-0.2, 0) is 12.7 Å². The molecule has 6 rings (SSSR count). The van der Waals surface area contributed by atoms with E-state index in [1.165, 1.54) is 49.1 Å². The number of nitrogens with zero attached hydrogens (tertiary/aromatic N) is 7. The number of rotatable bonds is 6. The molecule has 0 aliphatic heterocycles. The zero-order valence-electron chi connectivity index (χ0n) is 21.2. The SMILES string of the molecule is CCCn1cc(C(=O)c2cnn(-c3cncc4c(F)cccc34)c2C(F)(F)F)c2cc(Cl)c(-c3ncccn3)nc21. The number of benzene rings is 1. The molecule has 0 N–H and O–H groups in total. The van der Waals surface area contributed by atoms with Crippen LogP contribution in [0.4, 0.5) is 17.6 Å². The molecule has 0 radical (unpaired) electrons. The third kappa shape index (κ3) is 4.49. The topological polar surface area (TPSA) is 91.4 Å². The first kappa shape index (κ1) is 26.5. The lowest BCUT2D eigenvalue weighted by molar-refractivity contribution is -0.143. The maximum Gasteiger partial charge on any atom is 0.434 e. The Hall–Kier alpha value is -4.71. The lowest BCUT2D eigenvalue weighted by Crippen LogP contribution is -2.18. The lowest BCUT2D eigenvalue weighted by atomic mass is 10.0. The monoisotopic (exact) mass is 579 g/mol. The van der Waals surface area contributed by atoms with E-state index in [9.17, 15) is 22.4 Å². The highest BCUT2D eigenvalue weighted by Crippen LogP contribution is 2.38. The van der Waals surface area contributed by atoms with Crippen LogP contribution in [0.1, 0.15) is 35.0 Å². The predicted molar refractivity (Wildman–Crippen MR) is 143 cm³/mol. The highest BCUT2D eigenvalue weighted by atomic mass is 35.5. The van der Waals surface area contributed by atoms with Crippen molar-refractivity contribution in [3.63, 3.8) is 0 Å². The van der Waals surface area contributed by atoms with Gasteiger partial charge in [-0.25, -0.2) is 24.0 Å². The molecular formula is C28H18ClF4N7O. The maximum absolute atomic E-state index is 14.6. The van der Waals surface area contributed by atoms with E-state index in [1.54, 1.807) is 10.6 Å². The van der Waals surface area contributed by atoms with Crippen molar-refractivity contribution >= 4 is 39.2 Å². The zero-order chi connectivity index (χ0) is 28.9. The van der Waals surface area contributed by atoms with Gasteiger partial charge in [0.1, 0.15) is 17.2 Å². The Labute approximate surface area is 234 Å². The van der Waals surface area contributed by atoms with E-state index in [2.05, 4.69) is 25.0 Å². The molecule has 6 aromatic rings. The van der Waals surface area contributed by atoms with Crippen LogP contribution in [0.25, 0.3) is 39.0 Å². The van der Waals surface area contributed by atoms with Crippen LogP contribution in [0, 0.1) is 5.82 Å². The van der Waals surface area contributed by atoms with E-state index >= 15 is 0 Å². The van der Waals surface area contributed by atoms with Gasteiger partial charge in [0, 0.05) is 53.1 Å². The van der Waals surface area contributed by atoms with Gasteiger partial charge in [-0.05, 0) is 24.6 Å². The Morgan fingerprint density at radius 2 is 1.78 bits per heavy atom. The number of pyridine rings is 2. The van der Waals surface area contributed by atoms with E-state index in [4.69, 9.17) is 11.6 Å². The second-order valence-electron chi connectivity index (χ2n) is 9.14. The van der Waals surface area contributed by atoms with E-state index in [0.29, 0.717) is 23.3 Å². The summed E-state index contributed by atoms with van der Waals surface area (Å²) in [6.07, 6.45) is 3.39. The molecule has 0 fully saturated rings. The van der Waals surface area contributed by atoms with Crippen molar-refractivity contribution in [3.8, 4) is 17.2 Å². The fourth-order valence-corrected chi connectivity index (χ4v) is 5.02. The van der Waals surface area contributed by atoms with Gasteiger partial charge in [-0.1, -0.05) is 30.7 Å². The molecule has 0 saturated carbocycles. The first-order chi connectivity index (χ1) is 19.7. The third-order valence-corrected chi connectivity index (χ3v) is 6.82. The molecule has 0 aliphatic rings. The van der Waals surface area contributed by atoms with Crippen LogP contribution in [0.15, 0.2) is 67.5 Å². The molecular weight excluding hydrogens is 562 g/mol. The number of hydrogen-bond acceptors (Lipinski definition) is 6. The summed E-state index contributed by atoms with van der Waals surface area (Å²) in [6, 6.07) is 7.12. The van der Waals surface area contributed by atoms with Gasteiger partial charge < -0.3 is 4.57 Å². The van der Waals surface area contributed by atoms with Crippen molar-refractivity contribution < 1.29 is 22.4 Å². The van der Waals surface area contributed by atoms with Crippen LogP contribution in [0.3, 0.4) is 0 Å². The van der Waals surface area contributed by atoms with Crippen molar-refractivity contribution in [3.05, 3.63) is 95.2 Å². The summed E-state index contributed by atoms with van der Waals surface area (Å²) in [7, 11) is 0. The number of alkyl halides is 3. The predicted octanol–water partition coefficient (Wildman–Crippen LogP) is 6.68. The van der Waals surface area contributed by atoms with Gasteiger partial charge in [-0.15, -0.1) is 0 Å². The Balaban J connectivity index is 1.55. The number of carbonyl (C=O) groups excluding carboxylic acids is 1. The summed E-state index contributed by atoms with van der Waals surface area (Å²) in [6.45, 7) is 2.35. The van der Waals surface area contributed by atoms with E-state index in [1.807, 2.05) is 6.92 Å². The maximum atomic E-state index is 14.6. The van der Waals surface area contributed by atoms with E-state index in [-0.39, 0.29) is 44.0 Å². The molecule has 5 heterocycles. The summed E-state index contributed by atoms with van der Waals surface area (Å²) in [4.78, 5) is 30.7. The largest absolute Gasteiger partial charge is 0.434 e. The second-order valence-corrected chi connectivity index (χ2v) is 9.54. The average molecular weight is 580 g/mol. The Bertz CT molecular complexity index is 1950. The highest BCUT2D eigenvalue weighted by Gasteiger charge is 2.41. The highest BCUT2D eigenvalue weighted by molar-refractivity contribution is 6.34. The fourth-order valence-electron chi connectivity index (χ4n) is 4.78. The van der Waals surface area contributed by atoms with Crippen molar-refractivity contribution in [2.45, 2.75) is 26.1 Å². The fraction of sp³-hybridized carbons (Fsp3) is 0.143. The zero-order valence-corrected chi connectivity index (χ0v) is 21.9. The molecule has 0 aliphatic carbocycles. The first-order valence-corrected chi connectivity index (χ1v) is 12.8. The first-order valence-electron chi connectivity index (χ1n) is 12.4. The summed E-state index contributed by atoms with van der Waals surface area (Å²) in [5, 5.41) is 4.48. The summed E-state index contributed by atoms with van der Waals surface area (Å²) in [5.41, 5.74) is -1.54. The third-order valence-electron chi connectivity index (χ3n) is 6.53. The molecule has 8 nitrogen and oxygen atoms in total.